The number of para-hydroxylation sites is 1. The van der Waals surface area contributed by atoms with E-state index in [9.17, 15) is 19.2 Å². The van der Waals surface area contributed by atoms with Crippen LogP contribution in [0.2, 0.25) is 0 Å². The van der Waals surface area contributed by atoms with Crippen LogP contribution in [0.1, 0.15) is 18.0 Å². The molecule has 0 aliphatic carbocycles. The third-order valence-corrected chi connectivity index (χ3v) is 5.89. The standard InChI is InChI=1S/C26H22N6O4/c33-22(28-19-13-7-12-18-23(19)26(36)30-29-24(18)34)15-27-25(35)20-14-21(16-8-3-1-4-9-16)32(31-20)17-10-5-2-6-11-17/h1-13,21H,14-15H2,(H,27,35)(H,28,33)(H,29,34)(H,30,36). The van der Waals surface area contributed by atoms with Gasteiger partial charge in [0.25, 0.3) is 17.0 Å². The van der Waals surface area contributed by atoms with Crippen LogP contribution in [-0.2, 0) is 9.59 Å². The Kier molecular flexibility index (Phi) is 6.14. The molecule has 4 N–H and O–H groups in total. The molecule has 1 aliphatic rings. The molecule has 0 fully saturated rings. The van der Waals surface area contributed by atoms with Crippen molar-refractivity contribution in [3.8, 4) is 0 Å². The zero-order valence-corrected chi connectivity index (χ0v) is 19.0. The molecule has 0 saturated carbocycles. The summed E-state index contributed by atoms with van der Waals surface area (Å²) in [5.74, 6) is -1.01. The minimum Gasteiger partial charge on any atom is -0.342 e. The van der Waals surface area contributed by atoms with E-state index in [0.717, 1.165) is 11.3 Å². The Hall–Kier alpha value is -4.99. The number of anilines is 2. The Bertz CT molecular complexity index is 1580. The monoisotopic (exact) mass is 482 g/mol. The molecular weight excluding hydrogens is 460 g/mol. The highest BCUT2D eigenvalue weighted by atomic mass is 16.2. The van der Waals surface area contributed by atoms with Crippen LogP contribution in [0, 0.1) is 0 Å². The summed E-state index contributed by atoms with van der Waals surface area (Å²) in [7, 11) is 0. The highest BCUT2D eigenvalue weighted by Gasteiger charge is 2.32. The van der Waals surface area contributed by atoms with Crippen molar-refractivity contribution >= 4 is 39.7 Å². The van der Waals surface area contributed by atoms with E-state index in [1.807, 2.05) is 65.7 Å². The van der Waals surface area contributed by atoms with E-state index < -0.39 is 22.9 Å². The molecule has 0 spiro atoms. The quantitative estimate of drug-likeness (QED) is 0.334. The Labute approximate surface area is 204 Å². The molecule has 10 nitrogen and oxygen atoms in total. The summed E-state index contributed by atoms with van der Waals surface area (Å²) in [5.41, 5.74) is 1.32. The lowest BCUT2D eigenvalue weighted by atomic mass is 10.0. The van der Waals surface area contributed by atoms with Crippen LogP contribution < -0.4 is 26.8 Å². The van der Waals surface area contributed by atoms with Gasteiger partial charge in [-0.2, -0.15) is 5.10 Å². The average Bonchev–Trinajstić information content (AvgIpc) is 3.36. The third kappa shape index (κ3) is 4.51. The molecule has 3 aromatic carbocycles. The van der Waals surface area contributed by atoms with E-state index in [2.05, 4.69) is 25.9 Å². The first-order chi connectivity index (χ1) is 17.5. The molecule has 10 heteroatoms. The summed E-state index contributed by atoms with van der Waals surface area (Å²) in [6.07, 6.45) is 0.369. The number of hydrogen-bond acceptors (Lipinski definition) is 6. The number of carbonyl (C=O) groups excluding carboxylic acids is 2. The van der Waals surface area contributed by atoms with E-state index in [0.29, 0.717) is 12.1 Å². The molecule has 1 unspecified atom stereocenters. The van der Waals surface area contributed by atoms with Crippen LogP contribution in [0.5, 0.6) is 0 Å². The molecule has 0 saturated heterocycles. The largest absolute Gasteiger partial charge is 0.342 e. The van der Waals surface area contributed by atoms with E-state index >= 15 is 0 Å². The Morgan fingerprint density at radius 2 is 1.58 bits per heavy atom. The molecule has 36 heavy (non-hydrogen) atoms. The molecule has 1 atom stereocenters. The Balaban J connectivity index is 1.30. The fourth-order valence-corrected chi connectivity index (χ4v) is 4.19. The summed E-state index contributed by atoms with van der Waals surface area (Å²) >= 11 is 0. The topological polar surface area (TPSA) is 140 Å². The lowest BCUT2D eigenvalue weighted by molar-refractivity contribution is -0.120. The fraction of sp³-hybridized carbons (Fsp3) is 0.115. The first-order valence-electron chi connectivity index (χ1n) is 11.3. The molecule has 0 bridgehead atoms. The number of benzene rings is 3. The smallest absolute Gasteiger partial charge is 0.272 e. The molecule has 1 aromatic heterocycles. The van der Waals surface area contributed by atoms with Crippen molar-refractivity contribution in [1.29, 1.82) is 0 Å². The molecule has 180 valence electrons. The Morgan fingerprint density at radius 1 is 0.889 bits per heavy atom. The maximum atomic E-state index is 12.9. The minimum atomic E-state index is -0.548. The number of hydrogen-bond donors (Lipinski definition) is 4. The predicted octanol–water partition coefficient (Wildman–Crippen LogP) is 2.28. The lowest BCUT2D eigenvalue weighted by Crippen LogP contribution is -2.37. The van der Waals surface area contributed by atoms with E-state index in [1.54, 1.807) is 6.07 Å². The second-order valence-corrected chi connectivity index (χ2v) is 8.22. The van der Waals surface area contributed by atoms with Crippen molar-refractivity contribution < 1.29 is 9.59 Å². The average molecular weight is 483 g/mol. The number of hydrazone groups is 1. The van der Waals surface area contributed by atoms with Crippen molar-refractivity contribution in [1.82, 2.24) is 15.5 Å². The summed E-state index contributed by atoms with van der Waals surface area (Å²) in [6, 6.07) is 23.7. The summed E-state index contributed by atoms with van der Waals surface area (Å²) < 4.78 is 0. The summed E-state index contributed by atoms with van der Waals surface area (Å²) in [5, 5.41) is 16.3. The van der Waals surface area contributed by atoms with Crippen molar-refractivity contribution in [2.45, 2.75) is 12.5 Å². The molecule has 0 radical (unpaired) electrons. The van der Waals surface area contributed by atoms with Gasteiger partial charge < -0.3 is 10.6 Å². The number of nitrogens with one attached hydrogen (secondary N) is 4. The van der Waals surface area contributed by atoms with Crippen LogP contribution in [0.25, 0.3) is 10.8 Å². The second-order valence-electron chi connectivity index (χ2n) is 8.22. The number of rotatable bonds is 6. The molecule has 5 rings (SSSR count). The van der Waals surface area contributed by atoms with Crippen molar-refractivity contribution in [3.63, 3.8) is 0 Å². The van der Waals surface area contributed by atoms with E-state index in [4.69, 9.17) is 0 Å². The van der Waals surface area contributed by atoms with Gasteiger partial charge in [-0.1, -0.05) is 54.6 Å². The number of carbonyl (C=O) groups is 2. The fourth-order valence-electron chi connectivity index (χ4n) is 4.19. The van der Waals surface area contributed by atoms with Gasteiger partial charge >= 0.3 is 0 Å². The maximum Gasteiger partial charge on any atom is 0.272 e. The number of H-pyrrole nitrogens is 2. The molecule has 1 aliphatic heterocycles. The van der Waals surface area contributed by atoms with Crippen LogP contribution in [0.3, 0.4) is 0 Å². The summed E-state index contributed by atoms with van der Waals surface area (Å²) in [6.45, 7) is -0.337. The van der Waals surface area contributed by atoms with Gasteiger partial charge in [0, 0.05) is 6.42 Å². The number of aromatic amines is 2. The van der Waals surface area contributed by atoms with Crippen LogP contribution in [0.4, 0.5) is 11.4 Å². The van der Waals surface area contributed by atoms with Gasteiger partial charge in [0.2, 0.25) is 5.91 Å². The van der Waals surface area contributed by atoms with Crippen LogP contribution >= 0.6 is 0 Å². The predicted molar refractivity (Wildman–Crippen MR) is 137 cm³/mol. The highest BCUT2D eigenvalue weighted by Crippen LogP contribution is 2.34. The van der Waals surface area contributed by atoms with Crippen molar-refractivity contribution in [2.24, 2.45) is 5.10 Å². The first kappa shape index (κ1) is 22.8. The van der Waals surface area contributed by atoms with Crippen molar-refractivity contribution in [3.05, 3.63) is 105 Å². The van der Waals surface area contributed by atoms with E-state index in [-0.39, 0.29) is 29.0 Å². The normalized spacial score (nSPS) is 14.9. The first-order valence-corrected chi connectivity index (χ1v) is 11.3. The van der Waals surface area contributed by atoms with Gasteiger partial charge in [-0.05, 0) is 29.8 Å². The van der Waals surface area contributed by atoms with Gasteiger partial charge in [0.1, 0.15) is 5.71 Å². The van der Waals surface area contributed by atoms with Crippen LogP contribution in [-0.4, -0.2) is 34.3 Å². The number of fused-ring (bicyclic) bond motifs is 1. The van der Waals surface area contributed by atoms with Crippen LogP contribution in [0.15, 0.2) is 93.6 Å². The molecule has 2 amide bonds. The molecule has 2 heterocycles. The van der Waals surface area contributed by atoms with Gasteiger partial charge in [0.15, 0.2) is 0 Å². The van der Waals surface area contributed by atoms with Gasteiger partial charge in [-0.3, -0.25) is 34.4 Å². The summed E-state index contributed by atoms with van der Waals surface area (Å²) in [4.78, 5) is 49.7. The van der Waals surface area contributed by atoms with Gasteiger partial charge in [-0.15, -0.1) is 0 Å². The second kappa shape index (κ2) is 9.71. The lowest BCUT2D eigenvalue weighted by Gasteiger charge is -2.23. The third-order valence-electron chi connectivity index (χ3n) is 5.89. The maximum absolute atomic E-state index is 12.9. The number of nitrogens with zero attached hydrogens (tertiary/aromatic N) is 2. The zero-order valence-electron chi connectivity index (χ0n) is 19.0. The number of amides is 2. The van der Waals surface area contributed by atoms with Gasteiger partial charge in [-0.25, -0.2) is 0 Å². The zero-order chi connectivity index (χ0) is 25.1. The van der Waals surface area contributed by atoms with Gasteiger partial charge in [0.05, 0.1) is 34.7 Å². The number of aromatic nitrogens is 2. The van der Waals surface area contributed by atoms with E-state index in [1.165, 1.54) is 12.1 Å². The van der Waals surface area contributed by atoms with Crippen molar-refractivity contribution in [2.75, 3.05) is 16.9 Å². The SMILES string of the molecule is O=C(CNC(=O)C1=NN(c2ccccc2)C(c2ccccc2)C1)Nc1cccc2c(=O)[nH][nH]c(=O)c12. The molecule has 4 aromatic rings. The Morgan fingerprint density at radius 3 is 2.33 bits per heavy atom. The molecular formula is C26H22N6O4. The highest BCUT2D eigenvalue weighted by molar-refractivity contribution is 6.40. The minimum absolute atomic E-state index is 0.0605.